The number of aryl methyl sites for hydroxylation is 1. The molecule has 21 heavy (non-hydrogen) atoms. The summed E-state index contributed by atoms with van der Waals surface area (Å²) in [5.74, 6) is 1.37. The molecule has 112 valence electrons. The molecule has 0 spiro atoms. The van der Waals surface area contributed by atoms with E-state index >= 15 is 0 Å². The normalized spacial score (nSPS) is 11.5. The van der Waals surface area contributed by atoms with Crippen LogP contribution < -0.4 is 10.6 Å². The van der Waals surface area contributed by atoms with E-state index in [9.17, 15) is 4.39 Å². The van der Waals surface area contributed by atoms with E-state index in [0.29, 0.717) is 36.3 Å². The molecule has 0 amide bonds. The van der Waals surface area contributed by atoms with Crippen LogP contribution in [0.4, 0.5) is 4.39 Å². The Hall–Kier alpha value is -2.44. The second-order valence-electron chi connectivity index (χ2n) is 4.38. The van der Waals surface area contributed by atoms with Crippen molar-refractivity contribution in [2.75, 3.05) is 6.54 Å². The minimum atomic E-state index is -0.260. The number of guanidine groups is 1. The summed E-state index contributed by atoms with van der Waals surface area (Å²) < 4.78 is 18.5. The molecular weight excluding hydrogens is 273 g/mol. The maximum absolute atomic E-state index is 13.5. The highest BCUT2D eigenvalue weighted by Gasteiger charge is 2.05. The summed E-state index contributed by atoms with van der Waals surface area (Å²) in [6, 6.07) is 6.58. The smallest absolute Gasteiger partial charge is 0.246 e. The second kappa shape index (κ2) is 7.37. The van der Waals surface area contributed by atoms with Crippen molar-refractivity contribution in [1.82, 2.24) is 20.8 Å². The Kier molecular flexibility index (Phi) is 5.25. The van der Waals surface area contributed by atoms with Gasteiger partial charge in [-0.05, 0) is 19.9 Å². The molecule has 7 heteroatoms. The van der Waals surface area contributed by atoms with E-state index in [0.717, 1.165) is 0 Å². The summed E-state index contributed by atoms with van der Waals surface area (Å²) in [4.78, 5) is 8.42. The molecule has 0 saturated carbocycles. The van der Waals surface area contributed by atoms with Gasteiger partial charge in [0.2, 0.25) is 5.89 Å². The zero-order valence-corrected chi connectivity index (χ0v) is 12.1. The van der Waals surface area contributed by atoms with Crippen LogP contribution in [0.5, 0.6) is 0 Å². The Bertz CT molecular complexity index is 611. The van der Waals surface area contributed by atoms with Crippen molar-refractivity contribution in [1.29, 1.82) is 0 Å². The Morgan fingerprint density at radius 3 is 2.81 bits per heavy atom. The van der Waals surface area contributed by atoms with Crippen molar-refractivity contribution in [3.05, 3.63) is 47.4 Å². The summed E-state index contributed by atoms with van der Waals surface area (Å²) in [7, 11) is 0. The minimum Gasteiger partial charge on any atom is -0.357 e. The largest absolute Gasteiger partial charge is 0.357 e. The van der Waals surface area contributed by atoms with Crippen LogP contribution in [0.15, 0.2) is 33.8 Å². The molecule has 0 aliphatic rings. The molecule has 2 N–H and O–H groups in total. The lowest BCUT2D eigenvalue weighted by Crippen LogP contribution is -2.36. The lowest BCUT2D eigenvalue weighted by molar-refractivity contribution is 0.371. The van der Waals surface area contributed by atoms with Crippen molar-refractivity contribution in [3.8, 4) is 0 Å². The molecule has 2 aromatic rings. The van der Waals surface area contributed by atoms with Crippen LogP contribution in [0.2, 0.25) is 0 Å². The van der Waals surface area contributed by atoms with Crippen LogP contribution in [0, 0.1) is 12.7 Å². The fourth-order valence-electron chi connectivity index (χ4n) is 1.70. The number of nitrogens with zero attached hydrogens (tertiary/aromatic N) is 3. The van der Waals surface area contributed by atoms with Gasteiger partial charge < -0.3 is 15.2 Å². The molecule has 0 aliphatic heterocycles. The number of aliphatic imine (C=N–C) groups is 1. The minimum absolute atomic E-state index is 0.255. The maximum atomic E-state index is 13.5. The lowest BCUT2D eigenvalue weighted by atomic mass is 10.2. The molecule has 0 fully saturated rings. The van der Waals surface area contributed by atoms with Gasteiger partial charge in [0.1, 0.15) is 5.82 Å². The molecule has 0 aliphatic carbocycles. The topological polar surface area (TPSA) is 75.3 Å². The molecular formula is C14H18FN5O. The molecule has 1 heterocycles. The van der Waals surface area contributed by atoms with Crippen molar-refractivity contribution in [2.24, 2.45) is 4.99 Å². The van der Waals surface area contributed by atoms with E-state index < -0.39 is 0 Å². The third kappa shape index (κ3) is 4.55. The fourth-order valence-corrected chi connectivity index (χ4v) is 1.70. The van der Waals surface area contributed by atoms with E-state index in [-0.39, 0.29) is 12.4 Å². The standard InChI is InChI=1S/C14H18FN5O/c1-3-16-14(18-9-13-19-10(2)20-21-13)17-8-11-6-4-5-7-12(11)15/h4-7H,3,8-9H2,1-2H3,(H2,16,17,18). The summed E-state index contributed by atoms with van der Waals surface area (Å²) in [5, 5.41) is 9.85. The Balaban J connectivity index is 1.97. The Labute approximate surface area is 122 Å². The second-order valence-corrected chi connectivity index (χ2v) is 4.38. The Morgan fingerprint density at radius 1 is 1.33 bits per heavy atom. The van der Waals surface area contributed by atoms with Crippen LogP contribution in [-0.2, 0) is 13.1 Å². The van der Waals surface area contributed by atoms with E-state index in [1.165, 1.54) is 6.07 Å². The number of aromatic nitrogens is 2. The summed E-state index contributed by atoms with van der Waals surface area (Å²) >= 11 is 0. The van der Waals surface area contributed by atoms with Crippen LogP contribution in [0.3, 0.4) is 0 Å². The van der Waals surface area contributed by atoms with Crippen molar-refractivity contribution < 1.29 is 8.91 Å². The predicted molar refractivity (Wildman–Crippen MR) is 77.1 cm³/mol. The van der Waals surface area contributed by atoms with Gasteiger partial charge >= 0.3 is 0 Å². The highest BCUT2D eigenvalue weighted by molar-refractivity contribution is 5.79. The third-order valence-corrected chi connectivity index (χ3v) is 2.69. The number of benzene rings is 1. The number of rotatable bonds is 5. The van der Waals surface area contributed by atoms with Gasteiger partial charge in [-0.1, -0.05) is 23.4 Å². The first-order valence-electron chi connectivity index (χ1n) is 6.74. The zero-order chi connectivity index (χ0) is 15.1. The van der Waals surface area contributed by atoms with E-state index in [2.05, 4.69) is 25.8 Å². The Morgan fingerprint density at radius 2 is 2.14 bits per heavy atom. The molecule has 2 rings (SSSR count). The van der Waals surface area contributed by atoms with Crippen LogP contribution in [0.1, 0.15) is 24.2 Å². The highest BCUT2D eigenvalue weighted by Crippen LogP contribution is 2.07. The average Bonchev–Trinajstić information content (AvgIpc) is 2.89. The molecule has 6 nitrogen and oxygen atoms in total. The molecule has 0 atom stereocenters. The van der Waals surface area contributed by atoms with Gasteiger partial charge in [0, 0.05) is 12.1 Å². The first kappa shape index (κ1) is 15.0. The summed E-state index contributed by atoms with van der Waals surface area (Å²) in [6.45, 7) is 5.03. The lowest BCUT2D eigenvalue weighted by Gasteiger charge is -2.09. The maximum Gasteiger partial charge on any atom is 0.246 e. The summed E-state index contributed by atoms with van der Waals surface area (Å²) in [6.07, 6.45) is 0. The zero-order valence-electron chi connectivity index (χ0n) is 12.1. The van der Waals surface area contributed by atoms with E-state index in [4.69, 9.17) is 4.52 Å². The monoisotopic (exact) mass is 291 g/mol. The first-order chi connectivity index (χ1) is 10.2. The third-order valence-electron chi connectivity index (χ3n) is 2.69. The average molecular weight is 291 g/mol. The number of nitrogens with one attached hydrogen (secondary N) is 2. The molecule has 0 unspecified atom stereocenters. The van der Waals surface area contributed by atoms with Gasteiger partial charge in [-0.2, -0.15) is 4.98 Å². The van der Waals surface area contributed by atoms with Crippen LogP contribution >= 0.6 is 0 Å². The van der Waals surface area contributed by atoms with Gasteiger partial charge in [-0.15, -0.1) is 0 Å². The van der Waals surface area contributed by atoms with Crippen LogP contribution in [-0.4, -0.2) is 22.6 Å². The number of hydrogen-bond donors (Lipinski definition) is 2. The summed E-state index contributed by atoms with van der Waals surface area (Å²) in [5.41, 5.74) is 0.545. The van der Waals surface area contributed by atoms with Crippen molar-refractivity contribution >= 4 is 5.96 Å². The van der Waals surface area contributed by atoms with Crippen molar-refractivity contribution in [3.63, 3.8) is 0 Å². The van der Waals surface area contributed by atoms with E-state index in [1.54, 1.807) is 25.1 Å². The number of halogens is 1. The van der Waals surface area contributed by atoms with Gasteiger partial charge in [0.05, 0.1) is 13.1 Å². The SMILES string of the molecule is CCNC(=NCc1ccccc1F)NCc1nc(C)no1. The van der Waals surface area contributed by atoms with Gasteiger partial charge in [-0.3, -0.25) is 0 Å². The highest BCUT2D eigenvalue weighted by atomic mass is 19.1. The van der Waals surface area contributed by atoms with Crippen LogP contribution in [0.25, 0.3) is 0 Å². The molecule has 0 radical (unpaired) electrons. The van der Waals surface area contributed by atoms with Gasteiger partial charge in [0.25, 0.3) is 0 Å². The molecule has 1 aromatic heterocycles. The molecule has 0 bridgehead atoms. The fraction of sp³-hybridized carbons (Fsp3) is 0.357. The van der Waals surface area contributed by atoms with Gasteiger partial charge in [0.15, 0.2) is 11.8 Å². The van der Waals surface area contributed by atoms with E-state index in [1.807, 2.05) is 6.92 Å². The van der Waals surface area contributed by atoms with Gasteiger partial charge in [-0.25, -0.2) is 9.38 Å². The number of hydrogen-bond acceptors (Lipinski definition) is 4. The molecule has 1 aromatic carbocycles. The molecule has 0 saturated heterocycles. The quantitative estimate of drug-likeness (QED) is 0.648. The first-order valence-corrected chi connectivity index (χ1v) is 6.74. The van der Waals surface area contributed by atoms with Crippen molar-refractivity contribution in [2.45, 2.75) is 26.9 Å². The predicted octanol–water partition coefficient (Wildman–Crippen LogP) is 1.77.